The molecule has 0 saturated heterocycles. The molecule has 0 rings (SSSR count). The van der Waals surface area contributed by atoms with Crippen LogP contribution in [0.1, 0.15) is 26.7 Å². The summed E-state index contributed by atoms with van der Waals surface area (Å²) in [5.41, 5.74) is 0. The second-order valence-electron chi connectivity index (χ2n) is 4.65. The van der Waals surface area contributed by atoms with Crippen molar-refractivity contribution in [2.75, 3.05) is 6.61 Å². The van der Waals surface area contributed by atoms with Crippen molar-refractivity contribution in [1.29, 1.82) is 0 Å². The summed E-state index contributed by atoms with van der Waals surface area (Å²) in [5.74, 6) is -0.970. The smallest absolute Gasteiger partial charge is 0.306 e. The Hall–Kier alpha value is -0.843. The van der Waals surface area contributed by atoms with Gasteiger partial charge in [-0.05, 0) is 33.0 Å². The molecule has 0 saturated carbocycles. The standard InChI is InChI=1S/C11H22O4Si/c1-6-9(8-10(12)14-7-2)11(13)15-16(3,4)5/h9H,6-8H2,1-5H3. The van der Waals surface area contributed by atoms with Gasteiger partial charge in [0.15, 0.2) is 0 Å². The Balaban J connectivity index is 4.27. The van der Waals surface area contributed by atoms with E-state index < -0.39 is 8.32 Å². The van der Waals surface area contributed by atoms with Crippen LogP contribution in [-0.4, -0.2) is 26.9 Å². The van der Waals surface area contributed by atoms with Gasteiger partial charge in [0, 0.05) is 0 Å². The van der Waals surface area contributed by atoms with Crippen LogP contribution in [0.25, 0.3) is 0 Å². The van der Waals surface area contributed by atoms with Crippen LogP contribution < -0.4 is 0 Å². The first kappa shape index (κ1) is 15.2. The van der Waals surface area contributed by atoms with Gasteiger partial charge in [-0.2, -0.15) is 0 Å². The van der Waals surface area contributed by atoms with Crippen LogP contribution in [0.5, 0.6) is 0 Å². The van der Waals surface area contributed by atoms with Crippen LogP contribution in [0.15, 0.2) is 0 Å². The molecule has 0 aromatic carbocycles. The molecule has 0 bridgehead atoms. The molecule has 0 aliphatic heterocycles. The average Bonchev–Trinajstić information content (AvgIpc) is 2.11. The predicted molar refractivity (Wildman–Crippen MR) is 64.5 cm³/mol. The third-order valence-corrected chi connectivity index (χ3v) is 2.76. The number of rotatable bonds is 6. The van der Waals surface area contributed by atoms with Crippen LogP contribution in [0.2, 0.25) is 19.6 Å². The molecule has 5 heteroatoms. The van der Waals surface area contributed by atoms with Gasteiger partial charge in [0.2, 0.25) is 8.32 Å². The van der Waals surface area contributed by atoms with Crippen molar-refractivity contribution in [3.8, 4) is 0 Å². The molecule has 1 atom stereocenters. The van der Waals surface area contributed by atoms with Crippen molar-refractivity contribution in [2.45, 2.75) is 46.3 Å². The van der Waals surface area contributed by atoms with E-state index >= 15 is 0 Å². The molecule has 0 aliphatic rings. The van der Waals surface area contributed by atoms with Gasteiger partial charge in [0.05, 0.1) is 18.9 Å². The van der Waals surface area contributed by atoms with Crippen molar-refractivity contribution in [3.63, 3.8) is 0 Å². The van der Waals surface area contributed by atoms with E-state index in [4.69, 9.17) is 9.16 Å². The quantitative estimate of drug-likeness (QED) is 0.533. The number of ether oxygens (including phenoxy) is 1. The molecule has 0 fully saturated rings. The summed E-state index contributed by atoms with van der Waals surface area (Å²) in [5, 5.41) is 0. The van der Waals surface area contributed by atoms with E-state index in [1.54, 1.807) is 6.92 Å². The second kappa shape index (κ2) is 6.68. The Bertz CT molecular complexity index is 245. The zero-order chi connectivity index (χ0) is 12.8. The molecular weight excluding hydrogens is 224 g/mol. The van der Waals surface area contributed by atoms with E-state index in [2.05, 4.69) is 0 Å². The monoisotopic (exact) mass is 246 g/mol. The highest BCUT2D eigenvalue weighted by molar-refractivity contribution is 6.71. The minimum absolute atomic E-state index is 0.119. The van der Waals surface area contributed by atoms with Crippen LogP contribution >= 0.6 is 0 Å². The molecule has 16 heavy (non-hydrogen) atoms. The van der Waals surface area contributed by atoms with Crippen LogP contribution in [-0.2, 0) is 18.8 Å². The molecule has 94 valence electrons. The lowest BCUT2D eigenvalue weighted by Crippen LogP contribution is -2.33. The van der Waals surface area contributed by atoms with Gasteiger partial charge >= 0.3 is 5.97 Å². The van der Waals surface area contributed by atoms with Crippen LogP contribution in [0.4, 0.5) is 0 Å². The number of carbonyl (C=O) groups is 2. The van der Waals surface area contributed by atoms with E-state index in [9.17, 15) is 9.59 Å². The van der Waals surface area contributed by atoms with Gasteiger partial charge in [-0.25, -0.2) is 0 Å². The first-order chi connectivity index (χ1) is 7.30. The molecule has 0 spiro atoms. The molecule has 0 amide bonds. The maximum Gasteiger partial charge on any atom is 0.306 e. The van der Waals surface area contributed by atoms with E-state index in [0.29, 0.717) is 13.0 Å². The van der Waals surface area contributed by atoms with Crippen molar-refractivity contribution >= 4 is 20.3 Å². The van der Waals surface area contributed by atoms with Gasteiger partial charge in [-0.15, -0.1) is 0 Å². The minimum atomic E-state index is -1.87. The Kier molecular flexibility index (Phi) is 6.33. The zero-order valence-corrected chi connectivity index (χ0v) is 11.8. The normalized spacial score (nSPS) is 13.1. The van der Waals surface area contributed by atoms with Crippen molar-refractivity contribution in [3.05, 3.63) is 0 Å². The van der Waals surface area contributed by atoms with E-state index in [-0.39, 0.29) is 24.3 Å². The summed E-state index contributed by atoms with van der Waals surface area (Å²) in [4.78, 5) is 23.0. The molecule has 1 unspecified atom stereocenters. The van der Waals surface area contributed by atoms with Crippen LogP contribution in [0.3, 0.4) is 0 Å². The van der Waals surface area contributed by atoms with Gasteiger partial charge in [-0.3, -0.25) is 9.59 Å². The molecule has 0 heterocycles. The molecule has 0 aromatic heterocycles. The lowest BCUT2D eigenvalue weighted by molar-refractivity contribution is -0.150. The van der Waals surface area contributed by atoms with E-state index in [1.165, 1.54) is 0 Å². The van der Waals surface area contributed by atoms with Gasteiger partial charge < -0.3 is 9.16 Å². The molecule has 0 N–H and O–H groups in total. The average molecular weight is 246 g/mol. The summed E-state index contributed by atoms with van der Waals surface area (Å²) in [7, 11) is -1.87. The zero-order valence-electron chi connectivity index (χ0n) is 10.8. The summed E-state index contributed by atoms with van der Waals surface area (Å²) in [6.07, 6.45) is 0.718. The molecular formula is C11H22O4Si. The lowest BCUT2D eigenvalue weighted by atomic mass is 10.0. The predicted octanol–water partition coefficient (Wildman–Crippen LogP) is 2.34. The number of hydrogen-bond donors (Lipinski definition) is 0. The maximum absolute atomic E-state index is 11.7. The minimum Gasteiger partial charge on any atom is -0.520 e. The summed E-state index contributed by atoms with van der Waals surface area (Å²) < 4.78 is 10.2. The van der Waals surface area contributed by atoms with Crippen molar-refractivity contribution < 1.29 is 18.8 Å². The summed E-state index contributed by atoms with van der Waals surface area (Å²) >= 11 is 0. The molecule has 4 nitrogen and oxygen atoms in total. The maximum atomic E-state index is 11.7. The first-order valence-electron chi connectivity index (χ1n) is 5.68. The van der Waals surface area contributed by atoms with Crippen LogP contribution in [0, 0.1) is 5.92 Å². The molecule has 0 aliphatic carbocycles. The fraction of sp³-hybridized carbons (Fsp3) is 0.818. The first-order valence-corrected chi connectivity index (χ1v) is 9.09. The third-order valence-electron chi connectivity index (χ3n) is 1.95. The largest absolute Gasteiger partial charge is 0.520 e. The molecule has 0 radical (unpaired) electrons. The molecule has 0 aromatic rings. The lowest BCUT2D eigenvalue weighted by Gasteiger charge is -2.21. The van der Waals surface area contributed by atoms with Gasteiger partial charge in [0.1, 0.15) is 0 Å². The Morgan fingerprint density at radius 2 is 1.75 bits per heavy atom. The highest BCUT2D eigenvalue weighted by Gasteiger charge is 2.27. The number of carbonyl (C=O) groups excluding carboxylic acids is 2. The van der Waals surface area contributed by atoms with E-state index in [1.807, 2.05) is 26.6 Å². The van der Waals surface area contributed by atoms with Gasteiger partial charge in [0.25, 0.3) is 5.97 Å². The Morgan fingerprint density at radius 1 is 1.19 bits per heavy atom. The Labute approximate surface area is 98.4 Å². The number of hydrogen-bond acceptors (Lipinski definition) is 4. The van der Waals surface area contributed by atoms with E-state index in [0.717, 1.165) is 0 Å². The highest BCUT2D eigenvalue weighted by atomic mass is 28.4. The third kappa shape index (κ3) is 6.61. The topological polar surface area (TPSA) is 52.6 Å². The number of esters is 1. The SMILES string of the molecule is CCOC(=O)CC(CC)C(=O)O[Si](C)(C)C. The fourth-order valence-electron chi connectivity index (χ4n) is 1.20. The van der Waals surface area contributed by atoms with Gasteiger partial charge in [-0.1, -0.05) is 6.92 Å². The highest BCUT2D eigenvalue weighted by Crippen LogP contribution is 2.15. The Morgan fingerprint density at radius 3 is 2.12 bits per heavy atom. The second-order valence-corrected chi connectivity index (χ2v) is 9.08. The van der Waals surface area contributed by atoms with Crippen molar-refractivity contribution in [1.82, 2.24) is 0 Å². The summed E-state index contributed by atoms with van der Waals surface area (Å²) in [6, 6.07) is 0. The van der Waals surface area contributed by atoms with Crippen molar-refractivity contribution in [2.24, 2.45) is 5.92 Å². The fourth-order valence-corrected chi connectivity index (χ4v) is 1.97. The summed E-state index contributed by atoms with van der Waals surface area (Å²) in [6.45, 7) is 9.80.